The van der Waals surface area contributed by atoms with E-state index in [2.05, 4.69) is 0 Å². The van der Waals surface area contributed by atoms with Crippen molar-refractivity contribution in [1.29, 1.82) is 0 Å². The average Bonchev–Trinajstić information content (AvgIpc) is 2.60. The zero-order valence-corrected chi connectivity index (χ0v) is 17.1. The van der Waals surface area contributed by atoms with E-state index >= 15 is 0 Å². The molecule has 144 valence electrons. The van der Waals surface area contributed by atoms with Gasteiger partial charge in [-0.2, -0.15) is 0 Å². The van der Waals surface area contributed by atoms with E-state index in [-0.39, 0.29) is 43.3 Å². The Hall–Kier alpha value is -0.213. The smallest absolute Gasteiger partial charge is 0.756 e. The summed E-state index contributed by atoms with van der Waals surface area (Å²) < 4.78 is 33.8. The topological polar surface area (TPSA) is 77.1 Å². The minimum absolute atomic E-state index is 0. The van der Waals surface area contributed by atoms with Gasteiger partial charge in [0.25, 0.3) is 7.82 Å². The van der Waals surface area contributed by atoms with Crippen LogP contribution in [0, 0.1) is 0 Å². The van der Waals surface area contributed by atoms with Crippen LogP contribution in [0.2, 0.25) is 0 Å². The van der Waals surface area contributed by atoms with Crippen LogP contribution >= 0.6 is 7.82 Å². The van der Waals surface area contributed by atoms with Crippen LogP contribution in [-0.4, -0.2) is 24.4 Å². The first-order valence-corrected chi connectivity index (χ1v) is 10.7. The summed E-state index contributed by atoms with van der Waals surface area (Å²) in [6.07, 6.45) is 12.6. The first kappa shape index (κ1) is 23.8. The Labute approximate surface area is 169 Å². The first-order valence-electron chi connectivity index (χ1n) is 9.23. The molecule has 0 radical (unpaired) electrons. The van der Waals surface area contributed by atoms with E-state index in [0.29, 0.717) is 25.7 Å². The molecule has 0 aliphatic heterocycles. The van der Waals surface area contributed by atoms with E-state index in [1.807, 2.05) is 26.0 Å². The minimum Gasteiger partial charge on any atom is -0.756 e. The maximum Gasteiger partial charge on any atom is 1.00 e. The quantitative estimate of drug-likeness (QED) is 0.358. The van der Waals surface area contributed by atoms with Crippen molar-refractivity contribution in [2.24, 2.45) is 0 Å². The normalized spacial score (nSPS) is 32.1. The zero-order chi connectivity index (χ0) is 18.1. The molecule has 0 aromatic carbocycles. The van der Waals surface area contributed by atoms with Crippen LogP contribution in [0.25, 0.3) is 0 Å². The molecule has 2 aliphatic carbocycles. The summed E-state index contributed by atoms with van der Waals surface area (Å²) in [6.45, 7) is 3.81. The van der Waals surface area contributed by atoms with Gasteiger partial charge in [-0.3, -0.25) is 4.57 Å². The van der Waals surface area contributed by atoms with Gasteiger partial charge in [0.2, 0.25) is 0 Å². The van der Waals surface area contributed by atoms with E-state index < -0.39 is 7.82 Å². The van der Waals surface area contributed by atoms with Crippen molar-refractivity contribution in [3.8, 4) is 0 Å². The van der Waals surface area contributed by atoms with Gasteiger partial charge in [-0.1, -0.05) is 12.2 Å². The standard InChI is InChI=1S/C18H31O6P.Li/c1-3-13-21-15-5-9-17(10-6-15)23-25(19,20)24-18-11-7-16(8-12-18)22-14-4-2;/h3-4,13-18H,5-12H2,1-2H3,(H,19,20);/q;+1/p-1. The summed E-state index contributed by atoms with van der Waals surface area (Å²) in [4.78, 5) is 12.2. The zero-order valence-electron chi connectivity index (χ0n) is 16.2. The second-order valence-corrected chi connectivity index (χ2v) is 7.98. The minimum atomic E-state index is -4.27. The van der Waals surface area contributed by atoms with E-state index in [1.54, 1.807) is 12.5 Å². The second-order valence-electron chi connectivity index (χ2n) is 6.67. The molecule has 0 atom stereocenters. The van der Waals surface area contributed by atoms with Gasteiger partial charge in [-0.15, -0.1) is 0 Å². The average molecular weight is 380 g/mol. The largest absolute Gasteiger partial charge is 1.00 e. The van der Waals surface area contributed by atoms with Crippen LogP contribution < -0.4 is 23.8 Å². The third-order valence-electron chi connectivity index (χ3n) is 4.61. The molecule has 0 aromatic rings. The number of phosphoric ester groups is 1. The predicted molar refractivity (Wildman–Crippen MR) is 93.7 cm³/mol. The van der Waals surface area contributed by atoms with Crippen LogP contribution in [0.3, 0.4) is 0 Å². The number of hydrogen-bond acceptors (Lipinski definition) is 6. The van der Waals surface area contributed by atoms with Crippen molar-refractivity contribution in [3.05, 3.63) is 24.7 Å². The molecule has 0 unspecified atom stereocenters. The molecule has 2 rings (SSSR count). The van der Waals surface area contributed by atoms with Crippen molar-refractivity contribution in [2.75, 3.05) is 0 Å². The van der Waals surface area contributed by atoms with E-state index in [0.717, 1.165) is 25.7 Å². The number of allylic oxidation sites excluding steroid dienone is 2. The fourth-order valence-corrected chi connectivity index (χ4v) is 4.52. The molecule has 0 spiro atoms. The Morgan fingerprint density at radius 1 is 0.731 bits per heavy atom. The Balaban J connectivity index is 0.00000338. The van der Waals surface area contributed by atoms with Crippen LogP contribution in [0.15, 0.2) is 24.7 Å². The summed E-state index contributed by atoms with van der Waals surface area (Å²) in [6, 6.07) is 0. The number of rotatable bonds is 8. The molecule has 0 amide bonds. The van der Waals surface area contributed by atoms with Crippen molar-refractivity contribution < 1.29 is 46.8 Å². The number of ether oxygens (including phenoxy) is 2. The molecule has 2 saturated carbocycles. The number of hydrogen-bond donors (Lipinski definition) is 0. The maximum atomic E-state index is 12.2. The van der Waals surface area contributed by atoms with Gasteiger partial charge in [0, 0.05) is 0 Å². The van der Waals surface area contributed by atoms with Crippen LogP contribution in [-0.2, 0) is 23.1 Å². The van der Waals surface area contributed by atoms with Gasteiger partial charge >= 0.3 is 18.9 Å². The molecule has 8 heteroatoms. The summed E-state index contributed by atoms with van der Waals surface area (Å²) in [5, 5.41) is 0. The van der Waals surface area contributed by atoms with Crippen molar-refractivity contribution >= 4 is 7.82 Å². The predicted octanol–water partition coefficient (Wildman–Crippen LogP) is 1.21. The Morgan fingerprint density at radius 3 is 1.35 bits per heavy atom. The van der Waals surface area contributed by atoms with Crippen LogP contribution in [0.1, 0.15) is 65.2 Å². The molecular weight excluding hydrogens is 350 g/mol. The molecule has 26 heavy (non-hydrogen) atoms. The fraction of sp³-hybridized carbons (Fsp3) is 0.778. The third-order valence-corrected chi connectivity index (χ3v) is 5.73. The molecule has 0 bridgehead atoms. The second kappa shape index (κ2) is 12.3. The third kappa shape index (κ3) is 8.65. The van der Waals surface area contributed by atoms with Gasteiger partial charge in [-0.05, 0) is 65.2 Å². The van der Waals surface area contributed by atoms with E-state index in [9.17, 15) is 9.46 Å². The van der Waals surface area contributed by atoms with Gasteiger partial charge in [0.05, 0.1) is 36.9 Å². The monoisotopic (exact) mass is 380 g/mol. The fourth-order valence-electron chi connectivity index (χ4n) is 3.32. The molecular formula is C18H30LiO6P. The van der Waals surface area contributed by atoms with E-state index in [4.69, 9.17) is 18.5 Å². The Morgan fingerprint density at radius 2 is 1.04 bits per heavy atom. The van der Waals surface area contributed by atoms with Crippen LogP contribution in [0.5, 0.6) is 0 Å². The Kier molecular flexibility index (Phi) is 11.3. The molecule has 0 heterocycles. The van der Waals surface area contributed by atoms with Crippen molar-refractivity contribution in [1.82, 2.24) is 0 Å². The Bertz CT molecular complexity index is 442. The summed E-state index contributed by atoms with van der Waals surface area (Å²) in [5.41, 5.74) is 0. The molecule has 6 nitrogen and oxygen atoms in total. The first-order chi connectivity index (χ1) is 12.0. The summed E-state index contributed by atoms with van der Waals surface area (Å²) in [5.74, 6) is 0. The van der Waals surface area contributed by atoms with Crippen molar-refractivity contribution in [2.45, 2.75) is 89.6 Å². The maximum absolute atomic E-state index is 12.2. The van der Waals surface area contributed by atoms with E-state index in [1.165, 1.54) is 0 Å². The van der Waals surface area contributed by atoms with Crippen molar-refractivity contribution in [3.63, 3.8) is 0 Å². The summed E-state index contributed by atoms with van der Waals surface area (Å²) >= 11 is 0. The molecule has 2 fully saturated rings. The SMILES string of the molecule is CC=COC1CCC(OP(=O)([O-])OC2CCC(OC=CC)CC2)CC1.[Li+]. The summed E-state index contributed by atoms with van der Waals surface area (Å²) in [7, 11) is -4.27. The van der Waals surface area contributed by atoms with Gasteiger partial charge in [0.1, 0.15) is 0 Å². The molecule has 0 aromatic heterocycles. The van der Waals surface area contributed by atoms with Gasteiger partial charge in [-0.25, -0.2) is 0 Å². The van der Waals surface area contributed by atoms with Crippen LogP contribution in [0.4, 0.5) is 0 Å². The number of phosphoric acid groups is 1. The molecule has 0 saturated heterocycles. The van der Waals surface area contributed by atoms with Gasteiger partial charge in [0.15, 0.2) is 0 Å². The molecule has 0 N–H and O–H groups in total. The molecule has 2 aliphatic rings. The van der Waals surface area contributed by atoms with Gasteiger partial charge < -0.3 is 23.4 Å².